The van der Waals surface area contributed by atoms with Gasteiger partial charge in [0.05, 0.1) is 0 Å². The summed E-state index contributed by atoms with van der Waals surface area (Å²) in [6.07, 6.45) is -1.49. The number of ether oxygens (including phenoxy) is 1. The lowest BCUT2D eigenvalue weighted by molar-refractivity contribution is -0.289. The molecule has 2 bridgehead atoms. The second kappa shape index (κ2) is 6.07. The number of hydrogen-bond acceptors (Lipinski definition) is 5. The molecule has 0 radical (unpaired) electrons. The zero-order chi connectivity index (χ0) is 21.6. The van der Waals surface area contributed by atoms with Crippen LogP contribution in [0.25, 0.3) is 0 Å². The van der Waals surface area contributed by atoms with E-state index in [0.29, 0.717) is 12.3 Å². The highest BCUT2D eigenvalue weighted by molar-refractivity contribution is 6.00. The number of aliphatic hydroxyl groups is 2. The van der Waals surface area contributed by atoms with Crippen LogP contribution in [0.15, 0.2) is 12.1 Å². The maximum absolute atomic E-state index is 13.5. The monoisotopic (exact) mass is 423 g/mol. The van der Waals surface area contributed by atoms with Gasteiger partial charge in [0, 0.05) is 31.5 Å². The van der Waals surface area contributed by atoms with Gasteiger partial charge in [-0.3, -0.25) is 4.79 Å². The van der Waals surface area contributed by atoms with Crippen molar-refractivity contribution in [3.63, 3.8) is 0 Å². The van der Waals surface area contributed by atoms with Gasteiger partial charge in [0.15, 0.2) is 0 Å². The molecule has 164 valence electrons. The number of carbonyl (C=O) groups is 1. The Morgan fingerprint density at radius 3 is 2.50 bits per heavy atom. The van der Waals surface area contributed by atoms with Crippen LogP contribution in [0.2, 0.25) is 0 Å². The highest BCUT2D eigenvalue weighted by Crippen LogP contribution is 2.67. The molecule has 1 aromatic carbocycles. The third kappa shape index (κ3) is 2.49. The van der Waals surface area contributed by atoms with Crippen LogP contribution in [0.5, 0.6) is 11.5 Å². The van der Waals surface area contributed by atoms with Crippen LogP contribution in [0.3, 0.4) is 0 Å². The van der Waals surface area contributed by atoms with E-state index in [4.69, 9.17) is 4.74 Å². The lowest BCUT2D eigenvalue weighted by Gasteiger charge is -2.67. The van der Waals surface area contributed by atoms with Crippen LogP contribution >= 0.6 is 0 Å². The number of fused-ring (bicyclic) bond motifs is 1. The molecular weight excluding hydrogens is 396 g/mol. The number of benzene rings is 1. The number of piperidine rings is 1. The quantitative estimate of drug-likeness (QED) is 0.646. The number of hydrogen-bond donors (Lipinski definition) is 3. The van der Waals surface area contributed by atoms with Crippen molar-refractivity contribution in [2.24, 2.45) is 17.3 Å². The van der Waals surface area contributed by atoms with Crippen LogP contribution in [0, 0.1) is 17.3 Å². The molecule has 3 saturated carbocycles. The van der Waals surface area contributed by atoms with Crippen molar-refractivity contribution in [2.45, 2.75) is 63.3 Å². The van der Waals surface area contributed by atoms with Crippen molar-refractivity contribution in [1.29, 1.82) is 0 Å². The number of aromatic hydroxyl groups is 1. The molecule has 5 atom stereocenters. The lowest BCUT2D eigenvalue weighted by Crippen LogP contribution is -2.72. The molecular formula is C22H27F2NO5. The fourth-order valence-corrected chi connectivity index (χ4v) is 6.11. The van der Waals surface area contributed by atoms with E-state index in [1.165, 1.54) is 17.0 Å². The van der Waals surface area contributed by atoms with Gasteiger partial charge >= 0.3 is 0 Å². The number of amides is 1. The summed E-state index contributed by atoms with van der Waals surface area (Å²) in [7, 11) is 0. The minimum Gasteiger partial charge on any atom is -0.507 e. The Bertz CT molecular complexity index is 909. The zero-order valence-electron chi connectivity index (χ0n) is 17.1. The fourth-order valence-electron chi connectivity index (χ4n) is 6.11. The summed E-state index contributed by atoms with van der Waals surface area (Å²) >= 11 is 0. The summed E-state index contributed by atoms with van der Waals surface area (Å²) < 4.78 is 33.1. The Morgan fingerprint density at radius 2 is 1.87 bits per heavy atom. The van der Waals surface area contributed by atoms with Crippen LogP contribution in [0.4, 0.5) is 8.78 Å². The second-order valence-electron chi connectivity index (χ2n) is 9.96. The molecule has 30 heavy (non-hydrogen) atoms. The Balaban J connectivity index is 1.52. The summed E-state index contributed by atoms with van der Waals surface area (Å²) in [5, 5.41) is 33.2. The molecule has 3 aliphatic carbocycles. The average Bonchev–Trinajstić information content (AvgIpc) is 2.67. The van der Waals surface area contributed by atoms with E-state index < -0.39 is 42.5 Å². The number of aliphatic hydroxyl groups excluding tert-OH is 1. The summed E-state index contributed by atoms with van der Waals surface area (Å²) in [5.41, 5.74) is -1.48. The predicted molar refractivity (Wildman–Crippen MR) is 103 cm³/mol. The van der Waals surface area contributed by atoms with E-state index >= 15 is 0 Å². The number of likely N-dealkylation sites (tertiary alicyclic amines) is 1. The van der Waals surface area contributed by atoms with Crippen LogP contribution in [-0.4, -0.2) is 56.8 Å². The number of phenols is 1. The van der Waals surface area contributed by atoms with E-state index in [-0.39, 0.29) is 47.0 Å². The van der Waals surface area contributed by atoms with Crippen molar-refractivity contribution >= 4 is 5.91 Å². The van der Waals surface area contributed by atoms with Gasteiger partial charge in [-0.15, -0.1) is 0 Å². The first-order valence-corrected chi connectivity index (χ1v) is 10.6. The third-order valence-corrected chi connectivity index (χ3v) is 8.20. The molecule has 1 amide bonds. The minimum absolute atomic E-state index is 0.0543. The molecule has 8 heteroatoms. The second-order valence-corrected chi connectivity index (χ2v) is 9.96. The van der Waals surface area contributed by atoms with Crippen molar-refractivity contribution in [3.8, 4) is 11.5 Å². The van der Waals surface area contributed by atoms with Gasteiger partial charge in [-0.2, -0.15) is 0 Å². The Kier molecular flexibility index (Phi) is 4.04. The number of rotatable bonds is 1. The molecule has 0 spiro atoms. The maximum Gasteiger partial charge on any atom is 0.261 e. The smallest absolute Gasteiger partial charge is 0.261 e. The number of alkyl halides is 2. The molecule has 2 aliphatic heterocycles. The van der Waals surface area contributed by atoms with Gasteiger partial charge < -0.3 is 25.0 Å². The molecule has 6 rings (SSSR count). The molecule has 1 saturated heterocycles. The molecule has 4 fully saturated rings. The number of halogens is 2. The van der Waals surface area contributed by atoms with Gasteiger partial charge in [0.25, 0.3) is 11.8 Å². The van der Waals surface area contributed by atoms with Crippen molar-refractivity contribution in [2.75, 3.05) is 13.1 Å². The number of carbonyl (C=O) groups excluding carboxylic acids is 1. The Morgan fingerprint density at radius 1 is 1.20 bits per heavy atom. The topological polar surface area (TPSA) is 90.2 Å². The SMILES string of the molecule is CC1(C)[C@@H]2C[C@H]1[C@@]1(O)[C@@H](C2)Oc2c(ccc(O)c2C(=O)N2CCC(F)(F)CC2)[C@@H]1O. The average molecular weight is 423 g/mol. The largest absolute Gasteiger partial charge is 0.507 e. The summed E-state index contributed by atoms with van der Waals surface area (Å²) in [4.78, 5) is 14.4. The van der Waals surface area contributed by atoms with Crippen molar-refractivity contribution in [3.05, 3.63) is 23.3 Å². The third-order valence-electron chi connectivity index (χ3n) is 8.20. The molecule has 5 aliphatic rings. The van der Waals surface area contributed by atoms with Crippen molar-refractivity contribution in [1.82, 2.24) is 4.90 Å². The van der Waals surface area contributed by atoms with Gasteiger partial charge in [0.1, 0.15) is 34.9 Å². The Hall–Kier alpha value is -1.93. The molecule has 6 nitrogen and oxygen atoms in total. The molecule has 0 aromatic heterocycles. The summed E-state index contributed by atoms with van der Waals surface area (Å²) in [6.45, 7) is 3.92. The van der Waals surface area contributed by atoms with Gasteiger partial charge in [-0.25, -0.2) is 8.78 Å². The lowest BCUT2D eigenvalue weighted by atomic mass is 9.42. The normalized spacial score (nSPS) is 38.0. The summed E-state index contributed by atoms with van der Waals surface area (Å²) in [6, 6.07) is 2.75. The Labute approximate surface area is 173 Å². The first-order valence-electron chi connectivity index (χ1n) is 10.6. The predicted octanol–water partition coefficient (Wildman–Crippen LogP) is 2.86. The van der Waals surface area contributed by atoms with E-state index in [9.17, 15) is 28.9 Å². The van der Waals surface area contributed by atoms with Crippen LogP contribution < -0.4 is 4.74 Å². The van der Waals surface area contributed by atoms with E-state index in [2.05, 4.69) is 13.8 Å². The minimum atomic E-state index is -2.80. The fraction of sp³-hybridized carbons (Fsp3) is 0.682. The molecule has 1 aromatic rings. The van der Waals surface area contributed by atoms with Gasteiger partial charge in [-0.1, -0.05) is 13.8 Å². The van der Waals surface area contributed by atoms with Crippen LogP contribution in [0.1, 0.15) is 61.6 Å². The standard InChI is InChI=1S/C22H27F2NO5/c1-20(2)11-9-14(20)22(29)15(10-11)30-17-12(18(22)27)3-4-13(26)16(17)19(28)25-7-5-21(23,24)6-8-25/h3-4,11,14-15,18,26-27,29H,5-10H2,1-2H3/t11-,14-,15-,18+,22-/m1/s1. The van der Waals surface area contributed by atoms with E-state index in [1.54, 1.807) is 0 Å². The van der Waals surface area contributed by atoms with Crippen LogP contribution in [-0.2, 0) is 0 Å². The van der Waals surface area contributed by atoms with E-state index in [0.717, 1.165) is 6.42 Å². The van der Waals surface area contributed by atoms with Gasteiger partial charge in [-0.05, 0) is 42.2 Å². The van der Waals surface area contributed by atoms with E-state index in [1.807, 2.05) is 0 Å². The number of nitrogens with zero attached hydrogens (tertiary/aromatic N) is 1. The highest BCUT2D eigenvalue weighted by Gasteiger charge is 2.70. The molecule has 0 unspecified atom stereocenters. The first-order chi connectivity index (χ1) is 14.0. The summed E-state index contributed by atoms with van der Waals surface area (Å²) in [5.74, 6) is -3.47. The first kappa shape index (κ1) is 20.0. The zero-order valence-corrected chi connectivity index (χ0v) is 17.1. The molecule has 2 heterocycles. The highest BCUT2D eigenvalue weighted by atomic mass is 19.3. The number of phenolic OH excluding ortho intramolecular Hbond substituents is 1. The molecule has 3 N–H and O–H groups in total. The van der Waals surface area contributed by atoms with Gasteiger partial charge in [0.2, 0.25) is 0 Å². The maximum atomic E-state index is 13.5. The van der Waals surface area contributed by atoms with Crippen molar-refractivity contribution < 1.29 is 33.6 Å².